The van der Waals surface area contributed by atoms with Crippen molar-refractivity contribution in [1.82, 2.24) is 10.6 Å². The number of carbonyl (C=O) groups excluding carboxylic acids is 2. The molecule has 108 valence electrons. The number of carboxylic acid groups (broad SMARTS) is 1. The van der Waals surface area contributed by atoms with Crippen molar-refractivity contribution in [3.05, 3.63) is 0 Å². The Balaban J connectivity index is 2.29. The maximum atomic E-state index is 11.5. The highest BCUT2D eigenvalue weighted by atomic mass is 16.5. The molecule has 8 nitrogen and oxygen atoms in total. The fourth-order valence-corrected chi connectivity index (χ4v) is 1.77. The van der Waals surface area contributed by atoms with Crippen LogP contribution in [0.5, 0.6) is 0 Å². The number of carbonyl (C=O) groups is 3. The zero-order chi connectivity index (χ0) is 14.3. The number of carboxylic acids is 1. The van der Waals surface area contributed by atoms with Crippen molar-refractivity contribution in [1.29, 1.82) is 0 Å². The van der Waals surface area contributed by atoms with E-state index in [2.05, 4.69) is 10.6 Å². The van der Waals surface area contributed by atoms with E-state index in [1.54, 1.807) is 0 Å². The quantitative estimate of drug-likeness (QED) is 0.481. The first-order chi connectivity index (χ1) is 8.99. The van der Waals surface area contributed by atoms with E-state index in [4.69, 9.17) is 15.6 Å². The van der Waals surface area contributed by atoms with Crippen molar-refractivity contribution in [3.8, 4) is 0 Å². The molecular weight excluding hydrogens is 254 g/mol. The summed E-state index contributed by atoms with van der Waals surface area (Å²) < 4.78 is 5.31. The summed E-state index contributed by atoms with van der Waals surface area (Å²) in [7, 11) is 0. The summed E-state index contributed by atoms with van der Waals surface area (Å²) in [5, 5.41) is 13.7. The lowest BCUT2D eigenvalue weighted by Crippen LogP contribution is -2.47. The molecule has 0 saturated carbocycles. The highest BCUT2D eigenvalue weighted by Gasteiger charge is 2.21. The Kier molecular flexibility index (Phi) is 6.07. The first-order valence-corrected chi connectivity index (χ1v) is 6.16. The lowest BCUT2D eigenvalue weighted by molar-refractivity contribution is -0.139. The highest BCUT2D eigenvalue weighted by molar-refractivity contribution is 5.83. The number of amides is 3. The van der Waals surface area contributed by atoms with Crippen LogP contribution in [-0.2, 0) is 14.3 Å². The van der Waals surface area contributed by atoms with Gasteiger partial charge in [-0.25, -0.2) is 9.59 Å². The highest BCUT2D eigenvalue weighted by Crippen LogP contribution is 2.10. The summed E-state index contributed by atoms with van der Waals surface area (Å²) in [6.45, 7) is 1.03. The third-order valence-corrected chi connectivity index (χ3v) is 2.80. The Morgan fingerprint density at radius 1 is 1.42 bits per heavy atom. The maximum Gasteiger partial charge on any atom is 0.326 e. The van der Waals surface area contributed by atoms with Gasteiger partial charge in [-0.15, -0.1) is 0 Å². The van der Waals surface area contributed by atoms with Gasteiger partial charge in [-0.2, -0.15) is 0 Å². The lowest BCUT2D eigenvalue weighted by Gasteiger charge is -2.16. The SMILES string of the molecule is NC(=O)CC[C@H](NC(=O)NCC1CCCO1)C(=O)O. The van der Waals surface area contributed by atoms with E-state index >= 15 is 0 Å². The Morgan fingerprint density at radius 3 is 2.68 bits per heavy atom. The molecular formula is C11H19N3O5. The second-order valence-electron chi connectivity index (χ2n) is 4.39. The molecule has 0 aromatic rings. The Morgan fingerprint density at radius 2 is 2.16 bits per heavy atom. The number of hydrogen-bond donors (Lipinski definition) is 4. The second-order valence-corrected chi connectivity index (χ2v) is 4.39. The summed E-state index contributed by atoms with van der Waals surface area (Å²) in [5.74, 6) is -1.80. The van der Waals surface area contributed by atoms with Crippen molar-refractivity contribution in [2.75, 3.05) is 13.2 Å². The van der Waals surface area contributed by atoms with Gasteiger partial charge >= 0.3 is 12.0 Å². The third kappa shape index (κ3) is 6.05. The van der Waals surface area contributed by atoms with Gasteiger partial charge in [0.15, 0.2) is 0 Å². The summed E-state index contributed by atoms with van der Waals surface area (Å²) >= 11 is 0. The van der Waals surface area contributed by atoms with Crippen LogP contribution in [0.4, 0.5) is 4.79 Å². The van der Waals surface area contributed by atoms with Crippen molar-refractivity contribution < 1.29 is 24.2 Å². The minimum atomic E-state index is -1.20. The van der Waals surface area contributed by atoms with Crippen LogP contribution >= 0.6 is 0 Å². The van der Waals surface area contributed by atoms with Gasteiger partial charge in [0.1, 0.15) is 6.04 Å². The summed E-state index contributed by atoms with van der Waals surface area (Å²) in [5.41, 5.74) is 4.94. The number of hydrogen-bond acceptors (Lipinski definition) is 4. The van der Waals surface area contributed by atoms with Crippen LogP contribution in [0.2, 0.25) is 0 Å². The van der Waals surface area contributed by atoms with Crippen molar-refractivity contribution in [2.24, 2.45) is 5.73 Å². The van der Waals surface area contributed by atoms with Crippen LogP contribution in [0.1, 0.15) is 25.7 Å². The molecule has 0 aromatic heterocycles. The van der Waals surface area contributed by atoms with E-state index in [0.717, 1.165) is 12.8 Å². The lowest BCUT2D eigenvalue weighted by atomic mass is 10.1. The standard InChI is InChI=1S/C11H19N3O5/c12-9(15)4-3-8(10(16)17)14-11(18)13-6-7-2-1-5-19-7/h7-8H,1-6H2,(H2,12,15)(H,16,17)(H2,13,14,18)/t7?,8-/m0/s1. The van der Waals surface area contributed by atoms with Gasteiger partial charge in [-0.1, -0.05) is 0 Å². The van der Waals surface area contributed by atoms with Crippen molar-refractivity contribution in [3.63, 3.8) is 0 Å². The van der Waals surface area contributed by atoms with E-state index in [9.17, 15) is 14.4 Å². The fourth-order valence-electron chi connectivity index (χ4n) is 1.77. The molecule has 1 heterocycles. The van der Waals surface area contributed by atoms with Gasteiger partial charge < -0.3 is 26.2 Å². The monoisotopic (exact) mass is 273 g/mol. The molecule has 0 spiro atoms. The van der Waals surface area contributed by atoms with Crippen LogP contribution in [0.25, 0.3) is 0 Å². The average molecular weight is 273 g/mol. The van der Waals surface area contributed by atoms with Crippen LogP contribution < -0.4 is 16.4 Å². The molecule has 5 N–H and O–H groups in total. The number of ether oxygens (including phenoxy) is 1. The molecule has 1 aliphatic rings. The van der Waals surface area contributed by atoms with E-state index in [0.29, 0.717) is 13.2 Å². The zero-order valence-corrected chi connectivity index (χ0v) is 10.6. The van der Waals surface area contributed by atoms with Gasteiger partial charge in [0.05, 0.1) is 6.10 Å². The van der Waals surface area contributed by atoms with Gasteiger partial charge in [0, 0.05) is 19.6 Å². The summed E-state index contributed by atoms with van der Waals surface area (Å²) in [4.78, 5) is 33.0. The molecule has 0 bridgehead atoms. The molecule has 0 aromatic carbocycles. The first-order valence-electron chi connectivity index (χ1n) is 6.16. The van der Waals surface area contributed by atoms with Gasteiger partial charge in [-0.05, 0) is 19.3 Å². The molecule has 0 aliphatic carbocycles. The summed E-state index contributed by atoms with van der Waals surface area (Å²) in [6.07, 6.45) is 1.70. The van der Waals surface area contributed by atoms with Crippen LogP contribution in [0.3, 0.4) is 0 Å². The van der Waals surface area contributed by atoms with Crippen molar-refractivity contribution >= 4 is 17.9 Å². The molecule has 1 saturated heterocycles. The second kappa shape index (κ2) is 7.57. The predicted octanol–water partition coefficient (Wildman–Crippen LogP) is -0.817. The Hall–Kier alpha value is -1.83. The van der Waals surface area contributed by atoms with Crippen LogP contribution in [0, 0.1) is 0 Å². The molecule has 3 amide bonds. The largest absolute Gasteiger partial charge is 0.480 e. The Bertz CT molecular complexity index is 341. The zero-order valence-electron chi connectivity index (χ0n) is 10.6. The minimum Gasteiger partial charge on any atom is -0.480 e. The molecule has 0 radical (unpaired) electrons. The minimum absolute atomic E-state index is 0.0142. The van der Waals surface area contributed by atoms with Gasteiger partial charge in [0.25, 0.3) is 0 Å². The molecule has 1 fully saturated rings. The predicted molar refractivity (Wildman–Crippen MR) is 65.4 cm³/mol. The number of rotatable bonds is 7. The number of nitrogens with one attached hydrogen (secondary N) is 2. The molecule has 1 unspecified atom stereocenters. The van der Waals surface area contributed by atoms with Crippen LogP contribution in [-0.4, -0.2) is 48.3 Å². The molecule has 1 rings (SSSR count). The third-order valence-electron chi connectivity index (χ3n) is 2.80. The number of aliphatic carboxylic acids is 1. The number of primary amides is 1. The van der Waals surface area contributed by atoms with E-state index in [1.165, 1.54) is 0 Å². The van der Waals surface area contributed by atoms with E-state index in [-0.39, 0.29) is 18.9 Å². The molecule has 1 aliphatic heterocycles. The van der Waals surface area contributed by atoms with Gasteiger partial charge in [0.2, 0.25) is 5.91 Å². The van der Waals surface area contributed by atoms with Crippen molar-refractivity contribution in [2.45, 2.75) is 37.8 Å². The number of urea groups is 1. The topological polar surface area (TPSA) is 131 Å². The van der Waals surface area contributed by atoms with E-state index in [1.807, 2.05) is 0 Å². The first kappa shape index (κ1) is 15.2. The fraction of sp³-hybridized carbons (Fsp3) is 0.727. The molecule has 2 atom stereocenters. The smallest absolute Gasteiger partial charge is 0.326 e. The average Bonchev–Trinajstić information content (AvgIpc) is 2.84. The van der Waals surface area contributed by atoms with E-state index < -0.39 is 23.9 Å². The van der Waals surface area contributed by atoms with Crippen LogP contribution in [0.15, 0.2) is 0 Å². The number of nitrogens with two attached hydrogens (primary N) is 1. The molecule has 19 heavy (non-hydrogen) atoms. The van der Waals surface area contributed by atoms with Gasteiger partial charge in [-0.3, -0.25) is 4.79 Å². The summed E-state index contributed by atoms with van der Waals surface area (Å²) in [6, 6.07) is -1.72. The molecule has 8 heteroatoms. The normalized spacial score (nSPS) is 19.7. The maximum absolute atomic E-state index is 11.5. The Labute approximate surface area is 110 Å².